The summed E-state index contributed by atoms with van der Waals surface area (Å²) in [6.07, 6.45) is 1.97. The topological polar surface area (TPSA) is 85.5 Å². The SMILES string of the molecule is CCc1cc(OCc2ncon2)c(C(=O)O)s1. The molecule has 0 aliphatic heterocycles. The largest absolute Gasteiger partial charge is 0.484 e. The van der Waals surface area contributed by atoms with Crippen molar-refractivity contribution in [2.75, 3.05) is 0 Å². The molecule has 0 saturated carbocycles. The molecule has 90 valence electrons. The molecule has 2 aromatic heterocycles. The summed E-state index contributed by atoms with van der Waals surface area (Å²) in [5.74, 6) is -0.257. The van der Waals surface area contributed by atoms with E-state index < -0.39 is 5.97 Å². The molecule has 0 atom stereocenters. The minimum absolute atomic E-state index is 0.0939. The molecule has 0 bridgehead atoms. The summed E-state index contributed by atoms with van der Waals surface area (Å²) in [5, 5.41) is 12.6. The van der Waals surface area contributed by atoms with Crippen LogP contribution in [0.15, 0.2) is 17.0 Å². The highest BCUT2D eigenvalue weighted by molar-refractivity contribution is 7.14. The molecular weight excluding hydrogens is 244 g/mol. The number of thiophene rings is 1. The zero-order valence-electron chi connectivity index (χ0n) is 9.04. The summed E-state index contributed by atoms with van der Waals surface area (Å²) in [4.78, 5) is 15.9. The van der Waals surface area contributed by atoms with E-state index in [0.29, 0.717) is 11.6 Å². The molecule has 0 aromatic carbocycles. The van der Waals surface area contributed by atoms with Crippen molar-refractivity contribution in [1.82, 2.24) is 10.1 Å². The van der Waals surface area contributed by atoms with Gasteiger partial charge < -0.3 is 14.4 Å². The fraction of sp³-hybridized carbons (Fsp3) is 0.300. The Bertz CT molecular complexity index is 506. The second-order valence-electron chi connectivity index (χ2n) is 3.20. The van der Waals surface area contributed by atoms with Crippen LogP contribution < -0.4 is 4.74 Å². The Hall–Kier alpha value is -1.89. The standard InChI is InChI=1S/C10H10N2O4S/c1-2-6-3-7(9(17-6)10(13)14)15-4-8-11-5-16-12-8/h3,5H,2,4H2,1H3,(H,13,14). The average Bonchev–Trinajstić information content (AvgIpc) is 2.95. The second kappa shape index (κ2) is 4.96. The first-order valence-electron chi connectivity index (χ1n) is 4.94. The number of hydrogen-bond donors (Lipinski definition) is 1. The number of aromatic nitrogens is 2. The molecule has 2 heterocycles. The molecule has 0 spiro atoms. The van der Waals surface area contributed by atoms with Gasteiger partial charge in [-0.1, -0.05) is 12.1 Å². The lowest BCUT2D eigenvalue weighted by molar-refractivity contribution is 0.0697. The number of nitrogens with zero attached hydrogens (tertiary/aromatic N) is 2. The molecule has 17 heavy (non-hydrogen) atoms. The van der Waals surface area contributed by atoms with Crippen LogP contribution in [0.25, 0.3) is 0 Å². The van der Waals surface area contributed by atoms with Gasteiger partial charge in [0.05, 0.1) is 0 Å². The van der Waals surface area contributed by atoms with Gasteiger partial charge >= 0.3 is 5.97 Å². The van der Waals surface area contributed by atoms with Crippen molar-refractivity contribution in [2.24, 2.45) is 0 Å². The quantitative estimate of drug-likeness (QED) is 0.877. The number of carboxylic acid groups (broad SMARTS) is 1. The van der Waals surface area contributed by atoms with Crippen molar-refractivity contribution in [3.05, 3.63) is 28.0 Å². The van der Waals surface area contributed by atoms with Crippen molar-refractivity contribution >= 4 is 17.3 Å². The third-order valence-corrected chi connectivity index (χ3v) is 3.30. The summed E-state index contributed by atoms with van der Waals surface area (Å²) in [5.41, 5.74) is 0. The van der Waals surface area contributed by atoms with Gasteiger partial charge in [-0.25, -0.2) is 4.79 Å². The van der Waals surface area contributed by atoms with Crippen molar-refractivity contribution in [3.63, 3.8) is 0 Å². The van der Waals surface area contributed by atoms with Gasteiger partial charge in [-0.15, -0.1) is 11.3 Å². The van der Waals surface area contributed by atoms with Crippen LogP contribution in [-0.4, -0.2) is 21.2 Å². The van der Waals surface area contributed by atoms with Crippen molar-refractivity contribution in [1.29, 1.82) is 0 Å². The molecule has 0 fully saturated rings. The predicted molar refractivity (Wildman–Crippen MR) is 59.3 cm³/mol. The number of hydrogen-bond acceptors (Lipinski definition) is 6. The molecule has 0 unspecified atom stereocenters. The maximum absolute atomic E-state index is 11.0. The summed E-state index contributed by atoms with van der Waals surface area (Å²) < 4.78 is 9.92. The van der Waals surface area contributed by atoms with Gasteiger partial charge in [0.2, 0.25) is 12.2 Å². The molecule has 0 aliphatic carbocycles. The molecule has 0 radical (unpaired) electrons. The molecule has 6 nitrogen and oxygen atoms in total. The van der Waals surface area contributed by atoms with Gasteiger partial charge in [0.1, 0.15) is 5.75 Å². The lowest BCUT2D eigenvalue weighted by Crippen LogP contribution is -2.01. The molecule has 1 N–H and O–H groups in total. The fourth-order valence-corrected chi connectivity index (χ4v) is 2.13. The van der Waals surface area contributed by atoms with E-state index in [4.69, 9.17) is 9.84 Å². The van der Waals surface area contributed by atoms with E-state index in [1.54, 1.807) is 6.07 Å². The van der Waals surface area contributed by atoms with E-state index >= 15 is 0 Å². The lowest BCUT2D eigenvalue weighted by atomic mass is 10.3. The maximum atomic E-state index is 11.0. The number of aromatic carboxylic acids is 1. The van der Waals surface area contributed by atoms with Gasteiger partial charge in [0, 0.05) is 4.88 Å². The zero-order valence-corrected chi connectivity index (χ0v) is 9.86. The minimum Gasteiger partial charge on any atom is -0.484 e. The summed E-state index contributed by atoms with van der Waals surface area (Å²) >= 11 is 1.22. The van der Waals surface area contributed by atoms with Gasteiger partial charge in [-0.2, -0.15) is 4.98 Å². The highest BCUT2D eigenvalue weighted by atomic mass is 32.1. The fourth-order valence-electron chi connectivity index (χ4n) is 1.25. The predicted octanol–water partition coefficient (Wildman–Crippen LogP) is 1.97. The zero-order chi connectivity index (χ0) is 12.3. The Morgan fingerprint density at radius 3 is 3.06 bits per heavy atom. The number of rotatable bonds is 5. The minimum atomic E-state index is -0.988. The van der Waals surface area contributed by atoms with Crippen LogP contribution in [0.1, 0.15) is 27.3 Å². The molecule has 0 saturated heterocycles. The van der Waals surface area contributed by atoms with Gasteiger partial charge in [-0.05, 0) is 12.5 Å². The van der Waals surface area contributed by atoms with E-state index in [9.17, 15) is 4.79 Å². The van der Waals surface area contributed by atoms with Crippen molar-refractivity contribution in [2.45, 2.75) is 20.0 Å². The molecule has 2 aromatic rings. The molecule has 0 amide bonds. The number of aryl methyl sites for hydroxylation is 1. The van der Waals surface area contributed by atoms with Crippen LogP contribution in [0, 0.1) is 0 Å². The van der Waals surface area contributed by atoms with Crippen molar-refractivity contribution in [3.8, 4) is 5.75 Å². The molecular formula is C10H10N2O4S. The van der Waals surface area contributed by atoms with E-state index in [0.717, 1.165) is 11.3 Å². The monoisotopic (exact) mass is 254 g/mol. The highest BCUT2D eigenvalue weighted by Crippen LogP contribution is 2.30. The highest BCUT2D eigenvalue weighted by Gasteiger charge is 2.16. The average molecular weight is 254 g/mol. The molecule has 0 aliphatic rings. The van der Waals surface area contributed by atoms with Crippen LogP contribution in [0.4, 0.5) is 0 Å². The first-order chi connectivity index (χ1) is 8.20. The van der Waals surface area contributed by atoms with Crippen LogP contribution in [0.2, 0.25) is 0 Å². The Morgan fingerprint density at radius 2 is 2.47 bits per heavy atom. The molecule has 7 heteroatoms. The van der Waals surface area contributed by atoms with Crippen LogP contribution in [0.5, 0.6) is 5.75 Å². The number of carboxylic acids is 1. The Kier molecular flexibility index (Phi) is 3.38. The summed E-state index contributed by atoms with van der Waals surface area (Å²) in [6, 6.07) is 1.73. The molecule has 2 rings (SSSR count). The van der Waals surface area contributed by atoms with Gasteiger partial charge in [-0.3, -0.25) is 0 Å². The van der Waals surface area contributed by atoms with E-state index in [1.165, 1.54) is 17.7 Å². The first kappa shape index (κ1) is 11.6. The van der Waals surface area contributed by atoms with Crippen LogP contribution in [-0.2, 0) is 13.0 Å². The second-order valence-corrected chi connectivity index (χ2v) is 4.34. The van der Waals surface area contributed by atoms with Crippen LogP contribution in [0.3, 0.4) is 0 Å². The van der Waals surface area contributed by atoms with Gasteiger partial charge in [0.25, 0.3) is 0 Å². The Balaban J connectivity index is 2.13. The summed E-state index contributed by atoms with van der Waals surface area (Å²) in [7, 11) is 0. The van der Waals surface area contributed by atoms with E-state index in [1.807, 2.05) is 6.92 Å². The van der Waals surface area contributed by atoms with E-state index in [2.05, 4.69) is 14.7 Å². The van der Waals surface area contributed by atoms with Crippen LogP contribution >= 0.6 is 11.3 Å². The van der Waals surface area contributed by atoms with Crippen molar-refractivity contribution < 1.29 is 19.2 Å². The summed E-state index contributed by atoms with van der Waals surface area (Å²) in [6.45, 7) is 2.05. The third-order valence-electron chi connectivity index (χ3n) is 2.06. The Morgan fingerprint density at radius 1 is 1.65 bits per heavy atom. The Labute approximate surface area is 101 Å². The first-order valence-corrected chi connectivity index (χ1v) is 5.76. The number of ether oxygens (including phenoxy) is 1. The maximum Gasteiger partial charge on any atom is 0.349 e. The van der Waals surface area contributed by atoms with E-state index in [-0.39, 0.29) is 11.5 Å². The van der Waals surface area contributed by atoms with Gasteiger partial charge in [0.15, 0.2) is 11.5 Å². The number of carbonyl (C=O) groups is 1. The smallest absolute Gasteiger partial charge is 0.349 e. The normalized spacial score (nSPS) is 10.4. The lowest BCUT2D eigenvalue weighted by Gasteiger charge is -2.01. The third kappa shape index (κ3) is 2.62.